The molecule has 1 heterocycles. The van der Waals surface area contributed by atoms with Gasteiger partial charge >= 0.3 is 0 Å². The molecule has 0 atom stereocenters. The summed E-state index contributed by atoms with van der Waals surface area (Å²) in [5, 5.41) is 2.89. The van der Waals surface area contributed by atoms with Gasteiger partial charge in [0.2, 0.25) is 0 Å². The van der Waals surface area contributed by atoms with Gasteiger partial charge in [-0.2, -0.15) is 0 Å². The van der Waals surface area contributed by atoms with E-state index < -0.39 is 0 Å². The van der Waals surface area contributed by atoms with Crippen molar-refractivity contribution in [1.82, 2.24) is 0 Å². The number of benzene rings is 2. The van der Waals surface area contributed by atoms with Crippen LogP contribution in [-0.4, -0.2) is 19.1 Å². The second-order valence-corrected chi connectivity index (χ2v) is 7.61. The minimum atomic E-state index is -0.166. The summed E-state index contributed by atoms with van der Waals surface area (Å²) < 4.78 is 12.7. The van der Waals surface area contributed by atoms with Gasteiger partial charge in [-0.1, -0.05) is 13.8 Å². The highest BCUT2D eigenvalue weighted by atomic mass is 127. The van der Waals surface area contributed by atoms with E-state index >= 15 is 0 Å². The molecular formula is C18H18INO3. The van der Waals surface area contributed by atoms with Crippen molar-refractivity contribution < 1.29 is 14.3 Å². The van der Waals surface area contributed by atoms with Gasteiger partial charge in [0.25, 0.3) is 5.91 Å². The molecule has 2 aromatic rings. The maximum atomic E-state index is 12.4. The van der Waals surface area contributed by atoms with Crippen molar-refractivity contribution in [2.75, 3.05) is 18.5 Å². The summed E-state index contributed by atoms with van der Waals surface area (Å²) in [6.07, 6.45) is 0. The van der Waals surface area contributed by atoms with Gasteiger partial charge in [0, 0.05) is 20.2 Å². The lowest BCUT2D eigenvalue weighted by molar-refractivity contribution is 0.102. The van der Waals surface area contributed by atoms with Crippen LogP contribution in [0.3, 0.4) is 0 Å². The zero-order valence-electron chi connectivity index (χ0n) is 13.1. The zero-order chi connectivity index (χ0) is 16.4. The normalized spacial score (nSPS) is 15.6. The van der Waals surface area contributed by atoms with Gasteiger partial charge < -0.3 is 14.8 Å². The number of rotatable bonds is 2. The molecule has 1 N–H and O–H groups in total. The van der Waals surface area contributed by atoms with E-state index in [1.54, 1.807) is 18.2 Å². The van der Waals surface area contributed by atoms with Crippen LogP contribution in [0.4, 0.5) is 5.69 Å². The lowest BCUT2D eigenvalue weighted by atomic mass is 9.97. The van der Waals surface area contributed by atoms with Crippen molar-refractivity contribution in [2.24, 2.45) is 5.41 Å². The van der Waals surface area contributed by atoms with Crippen molar-refractivity contribution in [3.8, 4) is 11.5 Å². The largest absolute Gasteiger partial charge is 0.489 e. The Labute approximate surface area is 149 Å². The number of fused-ring (bicyclic) bond motifs is 1. The Morgan fingerprint density at radius 1 is 1.04 bits per heavy atom. The Morgan fingerprint density at radius 3 is 2.39 bits per heavy atom. The Kier molecular flexibility index (Phi) is 4.48. The van der Waals surface area contributed by atoms with Crippen molar-refractivity contribution >= 4 is 34.2 Å². The molecule has 23 heavy (non-hydrogen) atoms. The topological polar surface area (TPSA) is 47.6 Å². The maximum absolute atomic E-state index is 12.4. The van der Waals surface area contributed by atoms with Crippen LogP contribution >= 0.6 is 22.6 Å². The first kappa shape index (κ1) is 16.1. The van der Waals surface area contributed by atoms with E-state index in [1.807, 2.05) is 24.3 Å². The molecule has 1 amide bonds. The number of amides is 1. The minimum Gasteiger partial charge on any atom is -0.489 e. The van der Waals surface area contributed by atoms with Crippen LogP contribution in [0.25, 0.3) is 0 Å². The van der Waals surface area contributed by atoms with Gasteiger partial charge in [-0.3, -0.25) is 4.79 Å². The smallest absolute Gasteiger partial charge is 0.255 e. The van der Waals surface area contributed by atoms with E-state index in [0.717, 1.165) is 9.26 Å². The van der Waals surface area contributed by atoms with E-state index in [9.17, 15) is 4.79 Å². The van der Waals surface area contributed by atoms with Crippen molar-refractivity contribution in [3.05, 3.63) is 51.6 Å². The van der Waals surface area contributed by atoms with Crippen LogP contribution in [0.2, 0.25) is 0 Å². The summed E-state index contributed by atoms with van der Waals surface area (Å²) in [7, 11) is 0. The number of ether oxygens (including phenoxy) is 2. The average Bonchev–Trinajstić information content (AvgIpc) is 2.68. The first-order chi connectivity index (χ1) is 10.9. The predicted octanol–water partition coefficient (Wildman–Crippen LogP) is 4.34. The van der Waals surface area contributed by atoms with Crippen LogP contribution in [0, 0.1) is 8.99 Å². The van der Waals surface area contributed by atoms with E-state index in [-0.39, 0.29) is 11.3 Å². The van der Waals surface area contributed by atoms with Crippen molar-refractivity contribution in [1.29, 1.82) is 0 Å². The lowest BCUT2D eigenvalue weighted by Crippen LogP contribution is -2.26. The molecule has 0 bridgehead atoms. The number of carbonyl (C=O) groups is 1. The van der Waals surface area contributed by atoms with Crippen LogP contribution in [0.1, 0.15) is 24.2 Å². The average molecular weight is 423 g/mol. The third-order valence-electron chi connectivity index (χ3n) is 3.54. The van der Waals surface area contributed by atoms with Crippen LogP contribution in [0.15, 0.2) is 42.5 Å². The third-order valence-corrected chi connectivity index (χ3v) is 4.26. The van der Waals surface area contributed by atoms with Gasteiger partial charge in [0.15, 0.2) is 11.5 Å². The summed E-state index contributed by atoms with van der Waals surface area (Å²) in [6, 6.07) is 12.9. The number of halogens is 1. The third kappa shape index (κ3) is 3.96. The molecule has 4 nitrogen and oxygen atoms in total. The van der Waals surface area contributed by atoms with Crippen molar-refractivity contribution in [2.45, 2.75) is 13.8 Å². The molecule has 1 aliphatic heterocycles. The standard InChI is InChI=1S/C18H18INO3/c1-18(2)10-22-15-8-3-12(9-16(15)23-11-18)17(21)20-14-6-4-13(19)5-7-14/h3-9H,10-11H2,1-2H3,(H,20,21). The molecule has 120 valence electrons. The highest BCUT2D eigenvalue weighted by Gasteiger charge is 2.25. The number of nitrogens with one attached hydrogen (secondary N) is 1. The molecule has 1 aliphatic rings. The van der Waals surface area contributed by atoms with Gasteiger partial charge in [0.05, 0.1) is 13.2 Å². The molecule has 0 fully saturated rings. The second-order valence-electron chi connectivity index (χ2n) is 6.36. The van der Waals surface area contributed by atoms with Gasteiger partial charge in [0.1, 0.15) is 0 Å². The Bertz CT molecular complexity index is 726. The molecular weight excluding hydrogens is 405 g/mol. The summed E-state index contributed by atoms with van der Waals surface area (Å²) in [5.74, 6) is 1.13. The number of anilines is 1. The molecule has 2 aromatic carbocycles. The monoisotopic (exact) mass is 423 g/mol. The first-order valence-electron chi connectivity index (χ1n) is 7.40. The Hall–Kier alpha value is -1.76. The lowest BCUT2D eigenvalue weighted by Gasteiger charge is -2.19. The highest BCUT2D eigenvalue weighted by molar-refractivity contribution is 14.1. The van der Waals surface area contributed by atoms with E-state index in [4.69, 9.17) is 9.47 Å². The molecule has 0 radical (unpaired) electrons. The first-order valence-corrected chi connectivity index (χ1v) is 8.47. The van der Waals surface area contributed by atoms with Crippen molar-refractivity contribution in [3.63, 3.8) is 0 Å². The Balaban J connectivity index is 1.78. The Morgan fingerprint density at radius 2 is 1.70 bits per heavy atom. The van der Waals surface area contributed by atoms with E-state index in [2.05, 4.69) is 41.8 Å². The summed E-state index contributed by atoms with van der Waals surface area (Å²) in [4.78, 5) is 12.4. The second kappa shape index (κ2) is 6.39. The van der Waals surface area contributed by atoms with Crippen LogP contribution in [-0.2, 0) is 0 Å². The fourth-order valence-electron chi connectivity index (χ4n) is 2.21. The van der Waals surface area contributed by atoms with E-state index in [0.29, 0.717) is 30.3 Å². The van der Waals surface area contributed by atoms with Gasteiger partial charge in [-0.25, -0.2) is 0 Å². The highest BCUT2D eigenvalue weighted by Crippen LogP contribution is 2.34. The molecule has 0 aliphatic carbocycles. The molecule has 0 saturated carbocycles. The fourth-order valence-corrected chi connectivity index (χ4v) is 2.57. The molecule has 3 rings (SSSR count). The summed E-state index contributed by atoms with van der Waals surface area (Å²) in [6.45, 7) is 5.32. The number of hydrogen-bond donors (Lipinski definition) is 1. The van der Waals surface area contributed by atoms with Crippen LogP contribution < -0.4 is 14.8 Å². The molecule has 0 unspecified atom stereocenters. The summed E-state index contributed by atoms with van der Waals surface area (Å²) >= 11 is 2.23. The van der Waals surface area contributed by atoms with E-state index in [1.165, 1.54) is 0 Å². The minimum absolute atomic E-state index is 0.0530. The predicted molar refractivity (Wildman–Crippen MR) is 98.3 cm³/mol. The molecule has 0 spiro atoms. The summed E-state index contributed by atoms with van der Waals surface area (Å²) in [5.41, 5.74) is 1.26. The van der Waals surface area contributed by atoms with Gasteiger partial charge in [-0.05, 0) is 65.1 Å². The van der Waals surface area contributed by atoms with Crippen LogP contribution in [0.5, 0.6) is 11.5 Å². The zero-order valence-corrected chi connectivity index (χ0v) is 15.2. The molecule has 5 heteroatoms. The SMILES string of the molecule is CC1(C)COc2ccc(C(=O)Nc3ccc(I)cc3)cc2OC1. The quantitative estimate of drug-likeness (QED) is 0.732. The fraction of sp³-hybridized carbons (Fsp3) is 0.278. The number of hydrogen-bond acceptors (Lipinski definition) is 3. The number of carbonyl (C=O) groups excluding carboxylic acids is 1. The molecule has 0 saturated heterocycles. The van der Waals surface area contributed by atoms with Gasteiger partial charge in [-0.15, -0.1) is 0 Å². The maximum Gasteiger partial charge on any atom is 0.255 e. The molecule has 0 aromatic heterocycles.